The fraction of sp³-hybridized carbons (Fsp3) is 0.375. The summed E-state index contributed by atoms with van der Waals surface area (Å²) in [5.41, 5.74) is 9.59. The summed E-state index contributed by atoms with van der Waals surface area (Å²) >= 11 is 1.91. The number of nitrogens with two attached hydrogens (primary N) is 1. The topological polar surface area (TPSA) is 29.3 Å². The quantitative estimate of drug-likeness (QED) is 0.860. The normalized spacial score (nSPS) is 19.3. The van der Waals surface area contributed by atoms with E-state index in [1.54, 1.807) is 10.4 Å². The average Bonchev–Trinajstić information content (AvgIpc) is 2.87. The summed E-state index contributed by atoms with van der Waals surface area (Å²) in [5, 5.41) is 2.23. The highest BCUT2D eigenvalue weighted by Gasteiger charge is 2.26. The van der Waals surface area contributed by atoms with Gasteiger partial charge in [-0.15, -0.1) is 11.3 Å². The van der Waals surface area contributed by atoms with E-state index in [1.807, 2.05) is 23.5 Å². The van der Waals surface area contributed by atoms with Crippen LogP contribution >= 0.6 is 11.3 Å². The molecule has 1 aromatic heterocycles. The third kappa shape index (κ3) is 2.53. The average molecular weight is 272 g/mol. The van der Waals surface area contributed by atoms with E-state index in [0.717, 1.165) is 18.8 Å². The number of nitrogens with zero attached hydrogens (tertiary/aromatic N) is 1. The minimum Gasteiger partial charge on any atom is -0.399 e. The summed E-state index contributed by atoms with van der Waals surface area (Å²) < 4.78 is 0. The molecule has 0 saturated carbocycles. The Balaban J connectivity index is 1.82. The summed E-state index contributed by atoms with van der Waals surface area (Å²) in [4.78, 5) is 4.17. The van der Waals surface area contributed by atoms with Crippen LogP contribution in [0.15, 0.2) is 35.7 Å². The lowest BCUT2D eigenvalue weighted by molar-refractivity contribution is 0.173. The van der Waals surface area contributed by atoms with Crippen molar-refractivity contribution in [2.24, 2.45) is 0 Å². The van der Waals surface area contributed by atoms with Crippen molar-refractivity contribution in [2.75, 3.05) is 12.3 Å². The van der Waals surface area contributed by atoms with Gasteiger partial charge in [-0.3, -0.25) is 4.90 Å². The van der Waals surface area contributed by atoms with E-state index in [4.69, 9.17) is 5.73 Å². The standard InChI is InChI=1S/C16H20N2S/c1-2-15-14-7-9-19-16(14)6-8-18(15)11-12-4-3-5-13(17)10-12/h3-5,7,9-10,15H,2,6,8,11,17H2,1H3. The number of thiophene rings is 1. The van der Waals surface area contributed by atoms with Crippen molar-refractivity contribution in [3.8, 4) is 0 Å². The van der Waals surface area contributed by atoms with Gasteiger partial charge in [-0.2, -0.15) is 0 Å². The second-order valence-electron chi connectivity index (χ2n) is 5.19. The van der Waals surface area contributed by atoms with Crippen LogP contribution in [0.2, 0.25) is 0 Å². The fourth-order valence-electron chi connectivity index (χ4n) is 3.04. The minimum absolute atomic E-state index is 0.566. The lowest BCUT2D eigenvalue weighted by Gasteiger charge is -2.35. The molecule has 1 atom stereocenters. The summed E-state index contributed by atoms with van der Waals surface area (Å²) in [6.45, 7) is 4.43. The molecule has 2 aromatic rings. The maximum Gasteiger partial charge on any atom is 0.0360 e. The van der Waals surface area contributed by atoms with E-state index in [9.17, 15) is 0 Å². The molecule has 2 heterocycles. The van der Waals surface area contributed by atoms with Crippen LogP contribution in [0.3, 0.4) is 0 Å². The molecule has 0 amide bonds. The molecule has 0 aliphatic carbocycles. The molecule has 2 nitrogen and oxygen atoms in total. The largest absolute Gasteiger partial charge is 0.399 e. The van der Waals surface area contributed by atoms with Gasteiger partial charge in [0.05, 0.1) is 0 Å². The Morgan fingerprint density at radius 2 is 2.26 bits per heavy atom. The Bertz CT molecular complexity index is 561. The zero-order chi connectivity index (χ0) is 13.2. The van der Waals surface area contributed by atoms with E-state index in [-0.39, 0.29) is 0 Å². The Kier molecular flexibility index (Phi) is 3.58. The summed E-state index contributed by atoms with van der Waals surface area (Å²) in [6.07, 6.45) is 2.36. The second kappa shape index (κ2) is 5.35. The summed E-state index contributed by atoms with van der Waals surface area (Å²) in [6, 6.07) is 11.1. The molecule has 1 aliphatic rings. The van der Waals surface area contributed by atoms with Gasteiger partial charge in [0.25, 0.3) is 0 Å². The van der Waals surface area contributed by atoms with Crippen molar-refractivity contribution in [3.05, 3.63) is 51.7 Å². The first-order valence-electron chi connectivity index (χ1n) is 6.92. The number of rotatable bonds is 3. The number of anilines is 1. The van der Waals surface area contributed by atoms with Crippen LogP contribution in [0.1, 0.15) is 35.4 Å². The number of hydrogen-bond acceptors (Lipinski definition) is 3. The van der Waals surface area contributed by atoms with Gasteiger partial charge in [-0.1, -0.05) is 19.1 Å². The molecule has 0 spiro atoms. The molecule has 1 aliphatic heterocycles. The van der Waals surface area contributed by atoms with Gasteiger partial charge in [-0.05, 0) is 47.5 Å². The van der Waals surface area contributed by atoms with Gasteiger partial charge in [0.1, 0.15) is 0 Å². The molecule has 3 rings (SSSR count). The van der Waals surface area contributed by atoms with Crippen molar-refractivity contribution >= 4 is 17.0 Å². The molecular weight excluding hydrogens is 252 g/mol. The lowest BCUT2D eigenvalue weighted by Crippen LogP contribution is -2.33. The predicted molar refractivity (Wildman–Crippen MR) is 82.3 cm³/mol. The zero-order valence-electron chi connectivity index (χ0n) is 11.3. The highest BCUT2D eigenvalue weighted by molar-refractivity contribution is 7.10. The van der Waals surface area contributed by atoms with Crippen LogP contribution in [-0.4, -0.2) is 11.4 Å². The first-order chi connectivity index (χ1) is 9.28. The summed E-state index contributed by atoms with van der Waals surface area (Å²) in [7, 11) is 0. The number of fused-ring (bicyclic) bond motifs is 1. The van der Waals surface area contributed by atoms with Crippen molar-refractivity contribution in [3.63, 3.8) is 0 Å². The number of benzene rings is 1. The van der Waals surface area contributed by atoms with Gasteiger partial charge in [0.2, 0.25) is 0 Å². The lowest BCUT2D eigenvalue weighted by atomic mass is 9.97. The molecule has 3 heteroatoms. The first kappa shape index (κ1) is 12.7. The molecule has 0 fully saturated rings. The molecule has 0 bridgehead atoms. The summed E-state index contributed by atoms with van der Waals surface area (Å²) in [5.74, 6) is 0. The van der Waals surface area contributed by atoms with Gasteiger partial charge in [-0.25, -0.2) is 0 Å². The van der Waals surface area contributed by atoms with E-state index in [1.165, 1.54) is 18.4 Å². The van der Waals surface area contributed by atoms with Crippen LogP contribution < -0.4 is 5.73 Å². The van der Waals surface area contributed by atoms with Gasteiger partial charge in [0, 0.05) is 29.7 Å². The third-order valence-electron chi connectivity index (χ3n) is 3.93. The van der Waals surface area contributed by atoms with Crippen molar-refractivity contribution in [1.29, 1.82) is 0 Å². The van der Waals surface area contributed by atoms with Crippen LogP contribution in [0.5, 0.6) is 0 Å². The number of hydrogen-bond donors (Lipinski definition) is 1. The van der Waals surface area contributed by atoms with E-state index in [2.05, 4.69) is 35.4 Å². The Hall–Kier alpha value is -1.32. The van der Waals surface area contributed by atoms with E-state index in [0.29, 0.717) is 6.04 Å². The maximum absolute atomic E-state index is 5.87. The molecule has 2 N–H and O–H groups in total. The second-order valence-corrected chi connectivity index (χ2v) is 6.19. The monoisotopic (exact) mass is 272 g/mol. The predicted octanol–water partition coefficient (Wildman–Crippen LogP) is 3.84. The maximum atomic E-state index is 5.87. The Labute approximate surface area is 118 Å². The molecule has 1 aromatic carbocycles. The number of nitrogen functional groups attached to an aromatic ring is 1. The highest BCUT2D eigenvalue weighted by Crippen LogP contribution is 2.35. The Morgan fingerprint density at radius 3 is 3.05 bits per heavy atom. The molecule has 0 radical (unpaired) electrons. The third-order valence-corrected chi connectivity index (χ3v) is 4.93. The SMILES string of the molecule is CCC1c2ccsc2CCN1Cc1cccc(N)c1. The molecule has 100 valence electrons. The van der Waals surface area contributed by atoms with E-state index >= 15 is 0 Å². The molecule has 0 saturated heterocycles. The molecular formula is C16H20N2S. The highest BCUT2D eigenvalue weighted by atomic mass is 32.1. The van der Waals surface area contributed by atoms with Crippen LogP contribution in [-0.2, 0) is 13.0 Å². The Morgan fingerprint density at radius 1 is 1.37 bits per heavy atom. The van der Waals surface area contributed by atoms with Crippen LogP contribution in [0.4, 0.5) is 5.69 Å². The van der Waals surface area contributed by atoms with Crippen molar-refractivity contribution in [1.82, 2.24) is 4.90 Å². The van der Waals surface area contributed by atoms with Gasteiger partial charge >= 0.3 is 0 Å². The first-order valence-corrected chi connectivity index (χ1v) is 7.80. The van der Waals surface area contributed by atoms with Crippen LogP contribution in [0.25, 0.3) is 0 Å². The molecule has 1 unspecified atom stereocenters. The fourth-order valence-corrected chi connectivity index (χ4v) is 3.97. The van der Waals surface area contributed by atoms with E-state index < -0.39 is 0 Å². The minimum atomic E-state index is 0.566. The zero-order valence-corrected chi connectivity index (χ0v) is 12.1. The van der Waals surface area contributed by atoms with Gasteiger partial charge in [0.15, 0.2) is 0 Å². The van der Waals surface area contributed by atoms with Crippen molar-refractivity contribution in [2.45, 2.75) is 32.4 Å². The van der Waals surface area contributed by atoms with Crippen LogP contribution in [0, 0.1) is 0 Å². The van der Waals surface area contributed by atoms with Gasteiger partial charge < -0.3 is 5.73 Å². The smallest absolute Gasteiger partial charge is 0.0360 e. The molecule has 19 heavy (non-hydrogen) atoms. The van der Waals surface area contributed by atoms with Crippen molar-refractivity contribution < 1.29 is 0 Å².